The maximum Gasteiger partial charge on any atom is 0.303 e. The lowest BCUT2D eigenvalue weighted by Crippen LogP contribution is -2.07. The first-order valence-corrected chi connectivity index (χ1v) is 6.01. The fraction of sp³-hybridized carbons (Fsp3) is 0.385. The van der Waals surface area contributed by atoms with E-state index in [0.29, 0.717) is 18.1 Å². The molecule has 0 saturated heterocycles. The quantitative estimate of drug-likeness (QED) is 0.886. The molecular formula is C13H15N3O3. The Labute approximate surface area is 110 Å². The normalized spacial score (nSPS) is 12.3. The summed E-state index contributed by atoms with van der Waals surface area (Å²) in [5, 5.41) is 12.6. The molecule has 0 spiro atoms. The molecule has 0 aromatic carbocycles. The standard InChI is InChI=1S/C13H15N3O3/c1-8(6-12(17)18)5-11-15-13(16-19-11)10-3-4-14-7-9(10)2/h3-4,7-8H,5-6H2,1-2H3,(H,17,18). The number of pyridine rings is 1. The number of hydrogen-bond acceptors (Lipinski definition) is 5. The van der Waals surface area contributed by atoms with Crippen molar-refractivity contribution in [3.8, 4) is 11.4 Å². The smallest absolute Gasteiger partial charge is 0.303 e. The minimum absolute atomic E-state index is 0.0377. The first-order chi connectivity index (χ1) is 9.06. The van der Waals surface area contributed by atoms with E-state index in [2.05, 4.69) is 15.1 Å². The average molecular weight is 261 g/mol. The van der Waals surface area contributed by atoms with Crippen molar-refractivity contribution in [2.75, 3.05) is 0 Å². The Kier molecular flexibility index (Phi) is 3.89. The van der Waals surface area contributed by atoms with Gasteiger partial charge in [-0.1, -0.05) is 12.1 Å². The lowest BCUT2D eigenvalue weighted by molar-refractivity contribution is -0.137. The second-order valence-electron chi connectivity index (χ2n) is 4.61. The molecule has 0 aliphatic carbocycles. The van der Waals surface area contributed by atoms with Crippen LogP contribution in [0.4, 0.5) is 0 Å². The van der Waals surface area contributed by atoms with Crippen LogP contribution in [0.5, 0.6) is 0 Å². The Balaban J connectivity index is 2.11. The first-order valence-electron chi connectivity index (χ1n) is 6.01. The average Bonchev–Trinajstić information content (AvgIpc) is 2.76. The number of nitrogens with zero attached hydrogens (tertiary/aromatic N) is 3. The summed E-state index contributed by atoms with van der Waals surface area (Å²) >= 11 is 0. The summed E-state index contributed by atoms with van der Waals surface area (Å²) in [7, 11) is 0. The molecule has 6 nitrogen and oxygen atoms in total. The number of carbonyl (C=O) groups is 1. The minimum atomic E-state index is -0.822. The third-order valence-corrected chi connectivity index (χ3v) is 2.78. The van der Waals surface area contributed by atoms with E-state index < -0.39 is 5.97 Å². The van der Waals surface area contributed by atoms with Crippen LogP contribution in [0.15, 0.2) is 23.0 Å². The van der Waals surface area contributed by atoms with Crippen LogP contribution in [-0.2, 0) is 11.2 Å². The minimum Gasteiger partial charge on any atom is -0.481 e. The number of carboxylic acids is 1. The number of aromatic nitrogens is 3. The van der Waals surface area contributed by atoms with Gasteiger partial charge in [0.2, 0.25) is 11.7 Å². The molecule has 0 aliphatic rings. The van der Waals surface area contributed by atoms with Crippen molar-refractivity contribution in [2.24, 2.45) is 5.92 Å². The highest BCUT2D eigenvalue weighted by Gasteiger charge is 2.15. The molecule has 0 bridgehead atoms. The lowest BCUT2D eigenvalue weighted by atomic mass is 10.0. The van der Waals surface area contributed by atoms with Gasteiger partial charge in [-0.05, 0) is 24.5 Å². The third-order valence-electron chi connectivity index (χ3n) is 2.78. The molecule has 1 unspecified atom stereocenters. The number of hydrogen-bond donors (Lipinski definition) is 1. The zero-order chi connectivity index (χ0) is 13.8. The predicted molar refractivity (Wildman–Crippen MR) is 67.4 cm³/mol. The topological polar surface area (TPSA) is 89.1 Å². The molecule has 0 amide bonds. The molecule has 19 heavy (non-hydrogen) atoms. The van der Waals surface area contributed by atoms with Crippen LogP contribution in [0.2, 0.25) is 0 Å². The van der Waals surface area contributed by atoms with E-state index in [1.807, 2.05) is 19.9 Å². The number of rotatable bonds is 5. The van der Waals surface area contributed by atoms with E-state index in [1.54, 1.807) is 12.4 Å². The van der Waals surface area contributed by atoms with Crippen molar-refractivity contribution in [3.05, 3.63) is 29.9 Å². The highest BCUT2D eigenvalue weighted by Crippen LogP contribution is 2.20. The molecule has 1 atom stereocenters. The van der Waals surface area contributed by atoms with E-state index in [9.17, 15) is 4.79 Å². The van der Waals surface area contributed by atoms with Gasteiger partial charge < -0.3 is 9.63 Å². The second kappa shape index (κ2) is 5.60. The Bertz CT molecular complexity index is 580. The summed E-state index contributed by atoms with van der Waals surface area (Å²) in [6, 6.07) is 1.82. The summed E-state index contributed by atoms with van der Waals surface area (Å²) in [4.78, 5) is 18.9. The molecule has 0 fully saturated rings. The van der Waals surface area contributed by atoms with Gasteiger partial charge in [-0.2, -0.15) is 4.98 Å². The number of aryl methyl sites for hydroxylation is 1. The van der Waals surface area contributed by atoms with Crippen molar-refractivity contribution < 1.29 is 14.4 Å². The Morgan fingerprint density at radius 3 is 3.00 bits per heavy atom. The Morgan fingerprint density at radius 1 is 1.53 bits per heavy atom. The van der Waals surface area contributed by atoms with Crippen molar-refractivity contribution in [2.45, 2.75) is 26.7 Å². The molecule has 100 valence electrons. The summed E-state index contributed by atoms with van der Waals surface area (Å²) in [5.74, 6) is 0.110. The van der Waals surface area contributed by atoms with Crippen molar-refractivity contribution in [3.63, 3.8) is 0 Å². The van der Waals surface area contributed by atoms with E-state index in [0.717, 1.165) is 11.1 Å². The van der Waals surface area contributed by atoms with Gasteiger partial charge in [0.15, 0.2) is 0 Å². The molecule has 2 aromatic rings. The lowest BCUT2D eigenvalue weighted by Gasteiger charge is -2.03. The number of aliphatic carboxylic acids is 1. The van der Waals surface area contributed by atoms with Gasteiger partial charge in [0, 0.05) is 30.8 Å². The van der Waals surface area contributed by atoms with Crippen LogP contribution in [0.3, 0.4) is 0 Å². The molecular weight excluding hydrogens is 246 g/mol. The largest absolute Gasteiger partial charge is 0.481 e. The molecule has 2 rings (SSSR count). The summed E-state index contributed by atoms with van der Waals surface area (Å²) in [6.45, 7) is 3.76. The first kappa shape index (κ1) is 13.2. The molecule has 0 radical (unpaired) electrons. The van der Waals surface area contributed by atoms with E-state index >= 15 is 0 Å². The van der Waals surface area contributed by atoms with E-state index in [1.165, 1.54) is 0 Å². The van der Waals surface area contributed by atoms with Gasteiger partial charge in [-0.25, -0.2) is 0 Å². The van der Waals surface area contributed by atoms with E-state index in [4.69, 9.17) is 9.63 Å². The fourth-order valence-corrected chi connectivity index (χ4v) is 1.84. The monoisotopic (exact) mass is 261 g/mol. The summed E-state index contributed by atoms with van der Waals surface area (Å²) in [5.41, 5.74) is 1.84. The highest BCUT2D eigenvalue weighted by molar-refractivity contribution is 5.67. The van der Waals surface area contributed by atoms with Gasteiger partial charge in [0.25, 0.3) is 0 Å². The maximum atomic E-state index is 10.6. The molecule has 0 saturated carbocycles. The Morgan fingerprint density at radius 2 is 2.32 bits per heavy atom. The molecule has 6 heteroatoms. The van der Waals surface area contributed by atoms with Crippen molar-refractivity contribution in [1.82, 2.24) is 15.1 Å². The summed E-state index contributed by atoms with van der Waals surface area (Å²) < 4.78 is 5.15. The van der Waals surface area contributed by atoms with Crippen LogP contribution >= 0.6 is 0 Å². The second-order valence-corrected chi connectivity index (χ2v) is 4.61. The van der Waals surface area contributed by atoms with Gasteiger partial charge >= 0.3 is 5.97 Å². The van der Waals surface area contributed by atoms with Crippen LogP contribution < -0.4 is 0 Å². The molecule has 2 aromatic heterocycles. The third kappa shape index (κ3) is 3.37. The predicted octanol–water partition coefficient (Wildman–Crippen LogP) is 2.09. The number of carboxylic acid groups (broad SMARTS) is 1. The van der Waals surface area contributed by atoms with Crippen LogP contribution in [0.25, 0.3) is 11.4 Å². The van der Waals surface area contributed by atoms with Crippen molar-refractivity contribution in [1.29, 1.82) is 0 Å². The van der Waals surface area contributed by atoms with Crippen LogP contribution in [0, 0.1) is 12.8 Å². The Hall–Kier alpha value is -2.24. The van der Waals surface area contributed by atoms with Gasteiger partial charge in [-0.3, -0.25) is 9.78 Å². The van der Waals surface area contributed by atoms with Crippen LogP contribution in [0.1, 0.15) is 24.8 Å². The van der Waals surface area contributed by atoms with Gasteiger partial charge in [-0.15, -0.1) is 0 Å². The van der Waals surface area contributed by atoms with Gasteiger partial charge in [0.05, 0.1) is 0 Å². The SMILES string of the molecule is Cc1cnccc1-c1noc(CC(C)CC(=O)O)n1. The fourth-order valence-electron chi connectivity index (χ4n) is 1.84. The highest BCUT2D eigenvalue weighted by atomic mass is 16.5. The van der Waals surface area contributed by atoms with Gasteiger partial charge in [0.1, 0.15) is 0 Å². The van der Waals surface area contributed by atoms with E-state index in [-0.39, 0.29) is 12.3 Å². The van der Waals surface area contributed by atoms with Crippen LogP contribution in [-0.4, -0.2) is 26.2 Å². The maximum absolute atomic E-state index is 10.6. The molecule has 0 aliphatic heterocycles. The van der Waals surface area contributed by atoms with Crippen molar-refractivity contribution >= 4 is 5.97 Å². The zero-order valence-electron chi connectivity index (χ0n) is 10.8. The summed E-state index contributed by atoms with van der Waals surface area (Å²) in [6.07, 6.45) is 3.96. The molecule has 1 N–H and O–H groups in total. The zero-order valence-corrected chi connectivity index (χ0v) is 10.8. The molecule has 2 heterocycles.